The summed E-state index contributed by atoms with van der Waals surface area (Å²) in [5.74, 6) is -0.538. The lowest BCUT2D eigenvalue weighted by atomic mass is 10.1. The van der Waals surface area contributed by atoms with E-state index in [4.69, 9.17) is 5.21 Å². The van der Waals surface area contributed by atoms with Crippen molar-refractivity contribution < 1.29 is 10.0 Å². The van der Waals surface area contributed by atoms with Gasteiger partial charge >= 0.3 is 0 Å². The first-order valence-corrected chi connectivity index (χ1v) is 6.34. The molecule has 18 heavy (non-hydrogen) atoms. The highest BCUT2D eigenvalue weighted by atomic mass is 127. The van der Waals surface area contributed by atoms with Crippen molar-refractivity contribution in [3.05, 3.63) is 57.7 Å². The first kappa shape index (κ1) is 12.8. The van der Waals surface area contributed by atoms with Crippen molar-refractivity contribution >= 4 is 39.9 Å². The Bertz CT molecular complexity index is 555. The number of benzene rings is 2. The second-order valence-corrected chi connectivity index (χ2v) is 4.86. The van der Waals surface area contributed by atoms with Crippen molar-refractivity contribution in [2.75, 3.05) is 5.32 Å². The van der Waals surface area contributed by atoms with Gasteiger partial charge in [-0.25, -0.2) is 5.48 Å². The van der Waals surface area contributed by atoms with Gasteiger partial charge in [-0.2, -0.15) is 0 Å². The highest BCUT2D eigenvalue weighted by molar-refractivity contribution is 14.1. The summed E-state index contributed by atoms with van der Waals surface area (Å²) in [7, 11) is 0. The van der Waals surface area contributed by atoms with Gasteiger partial charge in [0.1, 0.15) is 0 Å². The molecule has 0 spiro atoms. The maximum absolute atomic E-state index is 11.5. The molecule has 0 aliphatic heterocycles. The van der Waals surface area contributed by atoms with Gasteiger partial charge in [0.25, 0.3) is 5.91 Å². The summed E-state index contributed by atoms with van der Waals surface area (Å²) in [6.07, 6.45) is 0. The molecule has 0 aliphatic carbocycles. The molecule has 0 unspecified atom stereocenters. The smallest absolute Gasteiger partial charge is 0.276 e. The first-order valence-electron chi connectivity index (χ1n) is 5.27. The van der Waals surface area contributed by atoms with Crippen LogP contribution in [0.2, 0.25) is 0 Å². The monoisotopic (exact) mass is 354 g/mol. The van der Waals surface area contributed by atoms with Gasteiger partial charge in [-0.05, 0) is 59.0 Å². The van der Waals surface area contributed by atoms with Crippen molar-refractivity contribution in [3.8, 4) is 0 Å². The van der Waals surface area contributed by atoms with E-state index < -0.39 is 5.91 Å². The minimum Gasteiger partial charge on any atom is -0.355 e. The molecule has 0 fully saturated rings. The van der Waals surface area contributed by atoms with Gasteiger partial charge in [-0.3, -0.25) is 10.0 Å². The van der Waals surface area contributed by atoms with Crippen LogP contribution < -0.4 is 10.8 Å². The van der Waals surface area contributed by atoms with Crippen molar-refractivity contribution in [3.63, 3.8) is 0 Å². The fourth-order valence-corrected chi connectivity index (χ4v) is 1.90. The number of hydroxylamine groups is 1. The summed E-state index contributed by atoms with van der Waals surface area (Å²) in [5, 5.41) is 11.8. The van der Waals surface area contributed by atoms with Crippen LogP contribution in [-0.4, -0.2) is 11.1 Å². The van der Waals surface area contributed by atoms with Gasteiger partial charge in [0.2, 0.25) is 0 Å². The zero-order valence-electron chi connectivity index (χ0n) is 9.35. The summed E-state index contributed by atoms with van der Waals surface area (Å²) < 4.78 is 1.14. The van der Waals surface area contributed by atoms with E-state index >= 15 is 0 Å². The number of halogens is 1. The first-order chi connectivity index (χ1) is 8.70. The van der Waals surface area contributed by atoms with E-state index in [2.05, 4.69) is 27.9 Å². The molecule has 1 amide bonds. The van der Waals surface area contributed by atoms with Gasteiger partial charge in [0.05, 0.1) is 11.3 Å². The Morgan fingerprint density at radius 2 is 1.72 bits per heavy atom. The van der Waals surface area contributed by atoms with Crippen LogP contribution in [-0.2, 0) is 0 Å². The van der Waals surface area contributed by atoms with Crippen LogP contribution in [0.15, 0.2) is 48.5 Å². The van der Waals surface area contributed by atoms with E-state index in [-0.39, 0.29) is 0 Å². The minimum atomic E-state index is -0.538. The average molecular weight is 354 g/mol. The largest absolute Gasteiger partial charge is 0.355 e. The number of anilines is 2. The van der Waals surface area contributed by atoms with E-state index in [1.807, 2.05) is 30.3 Å². The topological polar surface area (TPSA) is 61.4 Å². The van der Waals surface area contributed by atoms with Crippen LogP contribution >= 0.6 is 22.6 Å². The van der Waals surface area contributed by atoms with Crippen LogP contribution in [0.3, 0.4) is 0 Å². The van der Waals surface area contributed by atoms with Crippen molar-refractivity contribution in [1.29, 1.82) is 0 Å². The number of hydrogen-bond acceptors (Lipinski definition) is 3. The summed E-state index contributed by atoms with van der Waals surface area (Å²) in [6.45, 7) is 0. The number of carbonyl (C=O) groups is 1. The molecule has 0 aliphatic rings. The van der Waals surface area contributed by atoms with Crippen LogP contribution in [0.25, 0.3) is 0 Å². The Balaban J connectivity index is 2.28. The normalized spacial score (nSPS) is 9.89. The summed E-state index contributed by atoms with van der Waals surface area (Å²) in [6, 6.07) is 14.8. The van der Waals surface area contributed by atoms with E-state index in [1.54, 1.807) is 23.7 Å². The molecule has 5 heteroatoms. The van der Waals surface area contributed by atoms with Crippen molar-refractivity contribution in [1.82, 2.24) is 5.48 Å². The average Bonchev–Trinajstić information content (AvgIpc) is 2.41. The van der Waals surface area contributed by atoms with Gasteiger partial charge in [-0.15, -0.1) is 0 Å². The number of para-hydroxylation sites is 1. The number of carbonyl (C=O) groups excluding carboxylic acids is 1. The molecule has 0 aromatic heterocycles. The van der Waals surface area contributed by atoms with Gasteiger partial charge in [0, 0.05) is 9.26 Å². The van der Waals surface area contributed by atoms with Crippen molar-refractivity contribution in [2.45, 2.75) is 0 Å². The zero-order valence-corrected chi connectivity index (χ0v) is 11.5. The zero-order chi connectivity index (χ0) is 13.0. The fraction of sp³-hybridized carbons (Fsp3) is 0. The lowest BCUT2D eigenvalue weighted by Gasteiger charge is -2.10. The predicted molar refractivity (Wildman–Crippen MR) is 78.1 cm³/mol. The SMILES string of the molecule is O=C(NO)c1ccccc1Nc1ccc(I)cc1. The molecule has 3 N–H and O–H groups in total. The molecule has 2 aromatic carbocycles. The van der Waals surface area contributed by atoms with E-state index in [1.165, 1.54) is 0 Å². The maximum atomic E-state index is 11.5. The molecule has 2 rings (SSSR count). The molecule has 92 valence electrons. The molecule has 4 nitrogen and oxygen atoms in total. The molecular formula is C13H11IN2O2. The number of nitrogens with one attached hydrogen (secondary N) is 2. The van der Waals surface area contributed by atoms with Gasteiger partial charge in [0.15, 0.2) is 0 Å². The molecular weight excluding hydrogens is 343 g/mol. The highest BCUT2D eigenvalue weighted by Crippen LogP contribution is 2.21. The summed E-state index contributed by atoms with van der Waals surface area (Å²) in [5.41, 5.74) is 3.55. The lowest BCUT2D eigenvalue weighted by molar-refractivity contribution is 0.0707. The third-order valence-electron chi connectivity index (χ3n) is 2.40. The van der Waals surface area contributed by atoms with Crippen molar-refractivity contribution in [2.24, 2.45) is 0 Å². The van der Waals surface area contributed by atoms with Crippen LogP contribution in [0.1, 0.15) is 10.4 Å². The summed E-state index contributed by atoms with van der Waals surface area (Å²) >= 11 is 2.23. The highest BCUT2D eigenvalue weighted by Gasteiger charge is 2.09. The quantitative estimate of drug-likeness (QED) is 0.451. The Kier molecular flexibility index (Phi) is 4.16. The Labute approximate surface area is 118 Å². The van der Waals surface area contributed by atoms with Crippen LogP contribution in [0.5, 0.6) is 0 Å². The van der Waals surface area contributed by atoms with E-state index in [0.29, 0.717) is 11.3 Å². The Hall–Kier alpha value is -1.60. The molecule has 0 atom stereocenters. The molecule has 0 heterocycles. The molecule has 0 radical (unpaired) electrons. The molecule has 0 saturated carbocycles. The Morgan fingerprint density at radius 3 is 2.39 bits per heavy atom. The van der Waals surface area contributed by atoms with Crippen LogP contribution in [0, 0.1) is 3.57 Å². The molecule has 0 saturated heterocycles. The third-order valence-corrected chi connectivity index (χ3v) is 3.12. The van der Waals surface area contributed by atoms with Crippen LogP contribution in [0.4, 0.5) is 11.4 Å². The van der Waals surface area contributed by atoms with E-state index in [9.17, 15) is 4.79 Å². The lowest BCUT2D eigenvalue weighted by Crippen LogP contribution is -2.19. The maximum Gasteiger partial charge on any atom is 0.276 e. The predicted octanol–water partition coefficient (Wildman–Crippen LogP) is 3.15. The second-order valence-electron chi connectivity index (χ2n) is 3.62. The minimum absolute atomic E-state index is 0.388. The molecule has 0 bridgehead atoms. The van der Waals surface area contributed by atoms with Gasteiger partial charge < -0.3 is 5.32 Å². The number of amides is 1. The third kappa shape index (κ3) is 2.99. The Morgan fingerprint density at radius 1 is 1.06 bits per heavy atom. The fourth-order valence-electron chi connectivity index (χ4n) is 1.54. The van der Waals surface area contributed by atoms with E-state index in [0.717, 1.165) is 9.26 Å². The number of hydrogen-bond donors (Lipinski definition) is 3. The van der Waals surface area contributed by atoms with Gasteiger partial charge in [-0.1, -0.05) is 12.1 Å². The standard InChI is InChI=1S/C13H11IN2O2/c14-9-5-7-10(8-6-9)15-12-4-2-1-3-11(12)13(17)16-18/h1-8,15,18H,(H,16,17). The molecule has 2 aromatic rings. The second kappa shape index (κ2) is 5.83. The number of rotatable bonds is 3. The summed E-state index contributed by atoms with van der Waals surface area (Å²) in [4.78, 5) is 11.5.